The van der Waals surface area contributed by atoms with E-state index < -0.39 is 10.0 Å². The zero-order valence-corrected chi connectivity index (χ0v) is 15.2. The number of carbonyl (C=O) groups is 1. The first-order chi connectivity index (χ1) is 10.7. The van der Waals surface area contributed by atoms with Crippen molar-refractivity contribution in [2.75, 3.05) is 40.0 Å². The van der Waals surface area contributed by atoms with Gasteiger partial charge < -0.3 is 10.2 Å². The van der Waals surface area contributed by atoms with Gasteiger partial charge in [-0.3, -0.25) is 4.79 Å². The fraction of sp³-hybridized carbons (Fsp3) is 0.562. The maximum Gasteiger partial charge on any atom is 0.221 e. The average molecular weight is 341 g/mol. The van der Waals surface area contributed by atoms with E-state index in [0.29, 0.717) is 6.54 Å². The molecule has 7 heteroatoms. The van der Waals surface area contributed by atoms with Crippen LogP contribution in [0.1, 0.15) is 17.5 Å². The van der Waals surface area contributed by atoms with Gasteiger partial charge in [-0.15, -0.1) is 0 Å². The lowest BCUT2D eigenvalue weighted by Gasteiger charge is -2.20. The van der Waals surface area contributed by atoms with Gasteiger partial charge in [-0.05, 0) is 26.6 Å². The summed E-state index contributed by atoms with van der Waals surface area (Å²) in [6, 6.07) is 7.71. The van der Waals surface area contributed by atoms with Crippen LogP contribution in [0.15, 0.2) is 24.3 Å². The summed E-state index contributed by atoms with van der Waals surface area (Å²) in [5, 5.41) is 2.79. The predicted molar refractivity (Wildman–Crippen MR) is 92.6 cm³/mol. The van der Waals surface area contributed by atoms with Crippen LogP contribution in [-0.4, -0.2) is 63.5 Å². The number of rotatable bonds is 9. The number of nitrogens with one attached hydrogen (secondary N) is 1. The lowest BCUT2D eigenvalue weighted by molar-refractivity contribution is -0.121. The van der Waals surface area contributed by atoms with Crippen molar-refractivity contribution in [3.8, 4) is 0 Å². The summed E-state index contributed by atoms with van der Waals surface area (Å²) >= 11 is 0. The number of amides is 1. The Labute approximate surface area is 139 Å². The van der Waals surface area contributed by atoms with Crippen molar-refractivity contribution >= 4 is 15.9 Å². The second kappa shape index (κ2) is 9.00. The van der Waals surface area contributed by atoms with E-state index in [-0.39, 0.29) is 25.4 Å². The Morgan fingerprint density at radius 1 is 1.22 bits per heavy atom. The summed E-state index contributed by atoms with van der Waals surface area (Å²) in [6.45, 7) is 3.74. The molecule has 0 saturated carbocycles. The first kappa shape index (κ1) is 19.6. The molecule has 0 radical (unpaired) electrons. The Morgan fingerprint density at radius 2 is 1.91 bits per heavy atom. The molecule has 0 fully saturated rings. The van der Waals surface area contributed by atoms with Gasteiger partial charge in [0.25, 0.3) is 0 Å². The first-order valence-corrected chi connectivity index (χ1v) is 9.45. The average Bonchev–Trinajstić information content (AvgIpc) is 2.41. The fourth-order valence-corrected chi connectivity index (χ4v) is 2.92. The number of nitrogens with zero attached hydrogens (tertiary/aromatic N) is 2. The van der Waals surface area contributed by atoms with Crippen molar-refractivity contribution < 1.29 is 13.2 Å². The van der Waals surface area contributed by atoms with E-state index in [9.17, 15) is 13.2 Å². The molecule has 0 saturated heterocycles. The van der Waals surface area contributed by atoms with Crippen molar-refractivity contribution in [1.82, 2.24) is 14.5 Å². The number of sulfonamides is 1. The van der Waals surface area contributed by atoms with E-state index in [4.69, 9.17) is 0 Å². The van der Waals surface area contributed by atoms with Crippen molar-refractivity contribution in [3.05, 3.63) is 35.4 Å². The lowest BCUT2D eigenvalue weighted by atomic mass is 10.1. The second-order valence-corrected chi connectivity index (χ2v) is 7.97. The topological polar surface area (TPSA) is 69.7 Å². The van der Waals surface area contributed by atoms with Crippen molar-refractivity contribution in [1.29, 1.82) is 0 Å². The highest BCUT2D eigenvalue weighted by atomic mass is 32.2. The van der Waals surface area contributed by atoms with Gasteiger partial charge in [0.05, 0.1) is 6.26 Å². The minimum Gasteiger partial charge on any atom is -0.355 e. The van der Waals surface area contributed by atoms with Gasteiger partial charge >= 0.3 is 0 Å². The zero-order valence-electron chi connectivity index (χ0n) is 14.4. The molecule has 0 aliphatic heterocycles. The summed E-state index contributed by atoms with van der Waals surface area (Å²) in [5.74, 6) is -0.134. The fourth-order valence-electron chi connectivity index (χ4n) is 2.11. The molecule has 23 heavy (non-hydrogen) atoms. The summed E-state index contributed by atoms with van der Waals surface area (Å²) in [5.41, 5.74) is 2.00. The highest BCUT2D eigenvalue weighted by molar-refractivity contribution is 7.88. The van der Waals surface area contributed by atoms with Gasteiger partial charge in [0, 0.05) is 32.6 Å². The van der Waals surface area contributed by atoms with E-state index >= 15 is 0 Å². The quantitative estimate of drug-likeness (QED) is 0.722. The molecule has 1 aromatic carbocycles. The molecule has 0 aliphatic rings. The van der Waals surface area contributed by atoms with Gasteiger partial charge in [-0.1, -0.05) is 29.8 Å². The molecule has 0 unspecified atom stereocenters. The van der Waals surface area contributed by atoms with Gasteiger partial charge in [0.2, 0.25) is 15.9 Å². The van der Waals surface area contributed by atoms with Crippen LogP contribution in [0.25, 0.3) is 0 Å². The number of aryl methyl sites for hydroxylation is 1. The van der Waals surface area contributed by atoms with Gasteiger partial charge in [-0.25, -0.2) is 8.42 Å². The molecule has 0 bridgehead atoms. The molecule has 0 aromatic heterocycles. The molecule has 0 aliphatic carbocycles. The van der Waals surface area contributed by atoms with Gasteiger partial charge in [-0.2, -0.15) is 4.31 Å². The third-order valence-corrected chi connectivity index (χ3v) is 4.63. The van der Waals surface area contributed by atoms with Gasteiger partial charge in [0.15, 0.2) is 0 Å². The zero-order chi connectivity index (χ0) is 17.5. The number of likely N-dealkylation sites (N-methyl/N-ethyl adjacent to an activating group) is 1. The monoisotopic (exact) mass is 341 g/mol. The molecule has 0 atom stereocenters. The van der Waals surface area contributed by atoms with E-state index in [0.717, 1.165) is 17.7 Å². The third-order valence-electron chi connectivity index (χ3n) is 3.38. The van der Waals surface area contributed by atoms with Gasteiger partial charge in [0.1, 0.15) is 0 Å². The third kappa shape index (κ3) is 8.11. The van der Waals surface area contributed by atoms with E-state index in [2.05, 4.69) is 5.32 Å². The van der Waals surface area contributed by atoms with E-state index in [1.165, 1.54) is 10.6 Å². The Morgan fingerprint density at radius 3 is 2.48 bits per heavy atom. The molecule has 1 N–H and O–H groups in total. The molecule has 0 heterocycles. The maximum atomic E-state index is 11.9. The van der Waals surface area contributed by atoms with Crippen LogP contribution in [0.5, 0.6) is 0 Å². The minimum atomic E-state index is -3.36. The highest BCUT2D eigenvalue weighted by Gasteiger charge is 2.18. The van der Waals surface area contributed by atoms with E-state index in [1.807, 2.05) is 50.2 Å². The Hall–Kier alpha value is -1.44. The van der Waals surface area contributed by atoms with Crippen LogP contribution in [0.2, 0.25) is 0 Å². The van der Waals surface area contributed by atoms with Crippen LogP contribution in [0.3, 0.4) is 0 Å². The molecule has 1 amide bonds. The predicted octanol–water partition coefficient (Wildman–Crippen LogP) is 0.825. The highest BCUT2D eigenvalue weighted by Crippen LogP contribution is 2.11. The van der Waals surface area contributed by atoms with Crippen molar-refractivity contribution in [3.63, 3.8) is 0 Å². The first-order valence-electron chi connectivity index (χ1n) is 7.60. The SMILES string of the molecule is Cc1cccc(CN(CCC(=O)NCCN(C)C)S(C)(=O)=O)c1. The number of benzene rings is 1. The Kier molecular flexibility index (Phi) is 7.67. The van der Waals surface area contributed by atoms with Crippen LogP contribution in [0, 0.1) is 6.92 Å². The number of carbonyl (C=O) groups excluding carboxylic acids is 1. The number of hydrogen-bond donors (Lipinski definition) is 1. The Bertz CT molecular complexity index is 615. The maximum absolute atomic E-state index is 11.9. The Balaban J connectivity index is 2.58. The van der Waals surface area contributed by atoms with Crippen LogP contribution in [0.4, 0.5) is 0 Å². The molecule has 6 nitrogen and oxygen atoms in total. The molecule has 130 valence electrons. The van der Waals surface area contributed by atoms with Crippen LogP contribution in [-0.2, 0) is 21.4 Å². The molecular weight excluding hydrogens is 314 g/mol. The van der Waals surface area contributed by atoms with Crippen LogP contribution < -0.4 is 5.32 Å². The standard InChI is InChI=1S/C16H27N3O3S/c1-14-6-5-7-15(12-14)13-19(23(4,21)22)10-8-16(20)17-9-11-18(2)3/h5-7,12H,8-11,13H2,1-4H3,(H,17,20). The summed E-state index contributed by atoms with van der Waals surface area (Å²) in [6.07, 6.45) is 1.33. The minimum absolute atomic E-state index is 0.134. The number of hydrogen-bond acceptors (Lipinski definition) is 4. The van der Waals surface area contributed by atoms with Crippen LogP contribution >= 0.6 is 0 Å². The second-order valence-electron chi connectivity index (χ2n) is 5.99. The molecule has 1 aromatic rings. The normalized spacial score (nSPS) is 11.9. The van der Waals surface area contributed by atoms with E-state index in [1.54, 1.807) is 0 Å². The largest absolute Gasteiger partial charge is 0.355 e. The lowest BCUT2D eigenvalue weighted by Crippen LogP contribution is -2.36. The van der Waals surface area contributed by atoms with Crippen molar-refractivity contribution in [2.45, 2.75) is 19.9 Å². The molecular formula is C16H27N3O3S. The van der Waals surface area contributed by atoms with Crippen molar-refractivity contribution in [2.24, 2.45) is 0 Å². The molecule has 1 rings (SSSR count). The molecule has 0 spiro atoms. The summed E-state index contributed by atoms with van der Waals surface area (Å²) in [4.78, 5) is 13.8. The smallest absolute Gasteiger partial charge is 0.221 e. The summed E-state index contributed by atoms with van der Waals surface area (Å²) in [7, 11) is 0.499. The summed E-state index contributed by atoms with van der Waals surface area (Å²) < 4.78 is 25.2.